The standard InChI is InChI=1S/C22H36N2O2/c1-3-5-6-7-8-9-10-11-12-13-18-23-21(25)22(26)24-20-16-14-19(4-2)15-17-20/h14-17H,3-13,18H2,1-2H3,(H,23,25)(H,24,26). The van der Waals surface area contributed by atoms with Crippen LogP contribution in [0.2, 0.25) is 0 Å². The monoisotopic (exact) mass is 360 g/mol. The van der Waals surface area contributed by atoms with E-state index in [0.29, 0.717) is 12.2 Å². The van der Waals surface area contributed by atoms with Crippen LogP contribution in [0.5, 0.6) is 0 Å². The third-order valence-electron chi connectivity index (χ3n) is 4.64. The Morgan fingerprint density at radius 2 is 1.27 bits per heavy atom. The first kappa shape index (κ1) is 22.2. The van der Waals surface area contributed by atoms with Gasteiger partial charge in [0.15, 0.2) is 0 Å². The van der Waals surface area contributed by atoms with Crippen molar-refractivity contribution in [3.8, 4) is 0 Å². The molecule has 26 heavy (non-hydrogen) atoms. The van der Waals surface area contributed by atoms with Crippen LogP contribution >= 0.6 is 0 Å². The summed E-state index contributed by atoms with van der Waals surface area (Å²) in [7, 11) is 0. The Balaban J connectivity index is 2.02. The van der Waals surface area contributed by atoms with Gasteiger partial charge in [-0.2, -0.15) is 0 Å². The van der Waals surface area contributed by atoms with Gasteiger partial charge in [0.1, 0.15) is 0 Å². The third-order valence-corrected chi connectivity index (χ3v) is 4.64. The molecule has 2 amide bonds. The highest BCUT2D eigenvalue weighted by Gasteiger charge is 2.12. The second-order valence-electron chi connectivity index (χ2n) is 6.94. The molecule has 0 unspecified atom stereocenters. The second kappa shape index (κ2) is 14.3. The van der Waals surface area contributed by atoms with E-state index in [9.17, 15) is 9.59 Å². The number of hydrogen-bond donors (Lipinski definition) is 2. The van der Waals surface area contributed by atoms with Crippen LogP contribution < -0.4 is 10.6 Å². The van der Waals surface area contributed by atoms with Gasteiger partial charge in [0.2, 0.25) is 0 Å². The van der Waals surface area contributed by atoms with E-state index in [1.807, 2.05) is 24.3 Å². The quantitative estimate of drug-likeness (QED) is 0.374. The first-order valence-corrected chi connectivity index (χ1v) is 10.4. The van der Waals surface area contributed by atoms with Gasteiger partial charge in [-0.25, -0.2) is 0 Å². The van der Waals surface area contributed by atoms with Crippen LogP contribution in [0.4, 0.5) is 5.69 Å². The lowest BCUT2D eigenvalue weighted by Gasteiger charge is -2.07. The average Bonchev–Trinajstić information content (AvgIpc) is 2.66. The molecule has 0 aliphatic heterocycles. The van der Waals surface area contributed by atoms with Gasteiger partial charge in [-0.05, 0) is 30.5 Å². The summed E-state index contributed by atoms with van der Waals surface area (Å²) in [6.45, 7) is 4.89. The molecule has 4 heteroatoms. The Labute approximate surface area is 159 Å². The molecule has 2 N–H and O–H groups in total. The number of rotatable bonds is 13. The van der Waals surface area contributed by atoms with E-state index in [1.54, 1.807) is 0 Å². The predicted octanol–water partition coefficient (Wildman–Crippen LogP) is 5.22. The summed E-state index contributed by atoms with van der Waals surface area (Å²) in [5, 5.41) is 5.33. The molecule has 0 aliphatic carbocycles. The van der Waals surface area contributed by atoms with Crippen LogP contribution in [0, 0.1) is 0 Å². The van der Waals surface area contributed by atoms with Gasteiger partial charge in [-0.3, -0.25) is 9.59 Å². The minimum absolute atomic E-state index is 0.555. The van der Waals surface area contributed by atoms with Crippen molar-refractivity contribution in [3.63, 3.8) is 0 Å². The number of unbranched alkanes of at least 4 members (excludes halogenated alkanes) is 9. The average molecular weight is 361 g/mol. The van der Waals surface area contributed by atoms with Gasteiger partial charge in [0, 0.05) is 12.2 Å². The fraction of sp³-hybridized carbons (Fsp3) is 0.636. The number of amides is 2. The zero-order valence-electron chi connectivity index (χ0n) is 16.6. The summed E-state index contributed by atoms with van der Waals surface area (Å²) in [5.41, 5.74) is 1.86. The first-order chi connectivity index (χ1) is 12.7. The number of anilines is 1. The molecule has 0 saturated heterocycles. The van der Waals surface area contributed by atoms with Crippen molar-refractivity contribution in [2.24, 2.45) is 0 Å². The highest BCUT2D eigenvalue weighted by Crippen LogP contribution is 2.11. The highest BCUT2D eigenvalue weighted by molar-refractivity contribution is 6.39. The Morgan fingerprint density at radius 3 is 1.81 bits per heavy atom. The lowest BCUT2D eigenvalue weighted by molar-refractivity contribution is -0.136. The summed E-state index contributed by atoms with van der Waals surface area (Å²) >= 11 is 0. The van der Waals surface area contributed by atoms with Crippen LogP contribution in [-0.2, 0) is 16.0 Å². The van der Waals surface area contributed by atoms with Crippen molar-refractivity contribution in [2.45, 2.75) is 84.5 Å². The molecule has 1 aromatic carbocycles. The summed E-state index contributed by atoms with van der Waals surface area (Å²) in [6.07, 6.45) is 13.5. The van der Waals surface area contributed by atoms with Crippen LogP contribution in [-0.4, -0.2) is 18.4 Å². The summed E-state index contributed by atoms with van der Waals surface area (Å²) in [5.74, 6) is -1.15. The SMILES string of the molecule is CCCCCCCCCCCCNC(=O)C(=O)Nc1ccc(CC)cc1. The number of benzene rings is 1. The zero-order chi connectivity index (χ0) is 19.0. The fourth-order valence-corrected chi connectivity index (χ4v) is 2.91. The van der Waals surface area contributed by atoms with Crippen molar-refractivity contribution >= 4 is 17.5 Å². The number of hydrogen-bond acceptors (Lipinski definition) is 2. The van der Waals surface area contributed by atoms with Crippen LogP contribution in [0.3, 0.4) is 0 Å². The van der Waals surface area contributed by atoms with Crippen LogP contribution in [0.15, 0.2) is 24.3 Å². The Hall–Kier alpha value is -1.84. The smallest absolute Gasteiger partial charge is 0.313 e. The van der Waals surface area contributed by atoms with Gasteiger partial charge in [-0.15, -0.1) is 0 Å². The number of aryl methyl sites for hydroxylation is 1. The van der Waals surface area contributed by atoms with Gasteiger partial charge in [0.25, 0.3) is 0 Å². The predicted molar refractivity (Wildman–Crippen MR) is 109 cm³/mol. The van der Waals surface area contributed by atoms with Gasteiger partial charge in [-0.1, -0.05) is 83.8 Å². The molecule has 0 aliphatic rings. The minimum atomic E-state index is -0.596. The maximum atomic E-state index is 11.9. The lowest BCUT2D eigenvalue weighted by atomic mass is 10.1. The van der Waals surface area contributed by atoms with Crippen molar-refractivity contribution in [3.05, 3.63) is 29.8 Å². The highest BCUT2D eigenvalue weighted by atomic mass is 16.2. The van der Waals surface area contributed by atoms with Crippen LogP contribution in [0.1, 0.15) is 83.6 Å². The van der Waals surface area contributed by atoms with Gasteiger partial charge < -0.3 is 10.6 Å². The maximum Gasteiger partial charge on any atom is 0.313 e. The maximum absolute atomic E-state index is 11.9. The summed E-state index contributed by atoms with van der Waals surface area (Å²) in [4.78, 5) is 23.7. The molecule has 0 radical (unpaired) electrons. The Kier molecular flexibility index (Phi) is 12.2. The van der Waals surface area contributed by atoms with Crippen molar-refractivity contribution in [2.75, 3.05) is 11.9 Å². The Bertz CT molecular complexity index is 511. The van der Waals surface area contributed by atoms with E-state index >= 15 is 0 Å². The third kappa shape index (κ3) is 10.2. The molecule has 0 atom stereocenters. The van der Waals surface area contributed by atoms with E-state index in [1.165, 1.54) is 56.9 Å². The van der Waals surface area contributed by atoms with E-state index in [0.717, 1.165) is 19.3 Å². The second-order valence-corrected chi connectivity index (χ2v) is 6.94. The number of nitrogens with one attached hydrogen (secondary N) is 2. The van der Waals surface area contributed by atoms with Crippen molar-refractivity contribution in [1.29, 1.82) is 0 Å². The van der Waals surface area contributed by atoms with Crippen molar-refractivity contribution < 1.29 is 9.59 Å². The molecule has 0 saturated carbocycles. The topological polar surface area (TPSA) is 58.2 Å². The molecular weight excluding hydrogens is 324 g/mol. The molecule has 0 fully saturated rings. The molecule has 146 valence electrons. The normalized spacial score (nSPS) is 10.5. The van der Waals surface area contributed by atoms with E-state index < -0.39 is 11.8 Å². The molecular formula is C22H36N2O2. The number of carbonyl (C=O) groups excluding carboxylic acids is 2. The molecule has 1 aromatic rings. The minimum Gasteiger partial charge on any atom is -0.348 e. The fourth-order valence-electron chi connectivity index (χ4n) is 2.91. The lowest BCUT2D eigenvalue weighted by Crippen LogP contribution is -2.35. The van der Waals surface area contributed by atoms with E-state index in [2.05, 4.69) is 24.5 Å². The molecule has 0 bridgehead atoms. The Morgan fingerprint density at radius 1 is 0.731 bits per heavy atom. The van der Waals surface area contributed by atoms with Crippen LogP contribution in [0.25, 0.3) is 0 Å². The molecule has 0 heterocycles. The van der Waals surface area contributed by atoms with Crippen molar-refractivity contribution in [1.82, 2.24) is 5.32 Å². The van der Waals surface area contributed by atoms with Gasteiger partial charge in [0.05, 0.1) is 0 Å². The molecule has 1 rings (SSSR count). The molecule has 0 aromatic heterocycles. The molecule has 0 spiro atoms. The first-order valence-electron chi connectivity index (χ1n) is 10.4. The zero-order valence-corrected chi connectivity index (χ0v) is 16.6. The number of carbonyl (C=O) groups is 2. The van der Waals surface area contributed by atoms with E-state index in [4.69, 9.17) is 0 Å². The summed E-state index contributed by atoms with van der Waals surface area (Å²) < 4.78 is 0. The van der Waals surface area contributed by atoms with E-state index in [-0.39, 0.29) is 0 Å². The largest absolute Gasteiger partial charge is 0.348 e. The van der Waals surface area contributed by atoms with Gasteiger partial charge >= 0.3 is 11.8 Å². The molecule has 4 nitrogen and oxygen atoms in total. The summed E-state index contributed by atoms with van der Waals surface area (Å²) in [6, 6.07) is 7.56.